The van der Waals surface area contributed by atoms with Crippen LogP contribution in [0.1, 0.15) is 23.1 Å². The third-order valence-electron chi connectivity index (χ3n) is 3.14. The van der Waals surface area contributed by atoms with Crippen molar-refractivity contribution in [1.29, 1.82) is 5.26 Å². The third kappa shape index (κ3) is 4.54. The summed E-state index contributed by atoms with van der Waals surface area (Å²) in [7, 11) is 0. The van der Waals surface area contributed by atoms with Crippen molar-refractivity contribution >= 4 is 11.8 Å². The van der Waals surface area contributed by atoms with E-state index >= 15 is 0 Å². The van der Waals surface area contributed by atoms with Crippen LogP contribution < -0.4 is 4.74 Å². The zero-order valence-corrected chi connectivity index (χ0v) is 13.2. The molecule has 0 bridgehead atoms. The van der Waals surface area contributed by atoms with E-state index in [0.29, 0.717) is 17.9 Å². The molecule has 0 radical (unpaired) electrons. The number of nitriles is 1. The van der Waals surface area contributed by atoms with Gasteiger partial charge in [0.25, 0.3) is 0 Å². The fourth-order valence-corrected chi connectivity index (χ4v) is 3.00. The zero-order chi connectivity index (χ0) is 15.1. The summed E-state index contributed by atoms with van der Waals surface area (Å²) in [5.41, 5.74) is 3.23. The van der Waals surface area contributed by atoms with Crippen LogP contribution in [0, 0.1) is 25.2 Å². The van der Waals surface area contributed by atoms with Gasteiger partial charge in [0.2, 0.25) is 0 Å². The van der Waals surface area contributed by atoms with E-state index in [1.165, 1.54) is 16.0 Å². The predicted octanol–water partition coefficient (Wildman–Crippen LogP) is 4.74. The first-order valence-electron chi connectivity index (χ1n) is 7.02. The van der Waals surface area contributed by atoms with Crippen LogP contribution in [0.4, 0.5) is 0 Å². The summed E-state index contributed by atoms with van der Waals surface area (Å²) < 4.78 is 5.68. The van der Waals surface area contributed by atoms with E-state index in [2.05, 4.69) is 38.1 Å². The van der Waals surface area contributed by atoms with Crippen molar-refractivity contribution in [1.82, 2.24) is 0 Å². The molecule has 0 aliphatic heterocycles. The highest BCUT2D eigenvalue weighted by molar-refractivity contribution is 7.99. The highest BCUT2D eigenvalue weighted by Crippen LogP contribution is 2.24. The Morgan fingerprint density at radius 3 is 2.71 bits per heavy atom. The van der Waals surface area contributed by atoms with Crippen LogP contribution in [-0.4, -0.2) is 12.4 Å². The van der Waals surface area contributed by atoms with Crippen molar-refractivity contribution in [2.24, 2.45) is 0 Å². The van der Waals surface area contributed by atoms with Crippen LogP contribution in [0.5, 0.6) is 5.75 Å². The third-order valence-corrected chi connectivity index (χ3v) is 4.40. The van der Waals surface area contributed by atoms with E-state index in [9.17, 15) is 0 Å². The molecule has 3 heteroatoms. The summed E-state index contributed by atoms with van der Waals surface area (Å²) in [5, 5.41) is 8.99. The average Bonchev–Trinajstić information content (AvgIpc) is 2.49. The number of thioether (sulfide) groups is 1. The van der Waals surface area contributed by atoms with Crippen LogP contribution in [0.2, 0.25) is 0 Å². The minimum absolute atomic E-state index is 0.597. The molecule has 108 valence electrons. The molecular weight excluding hydrogens is 278 g/mol. The lowest BCUT2D eigenvalue weighted by Crippen LogP contribution is -2.00. The van der Waals surface area contributed by atoms with Crippen molar-refractivity contribution in [3.8, 4) is 11.8 Å². The molecule has 0 fully saturated rings. The first-order chi connectivity index (χ1) is 10.2. The fourth-order valence-electron chi connectivity index (χ4n) is 2.07. The molecule has 2 rings (SSSR count). The van der Waals surface area contributed by atoms with Crippen LogP contribution in [-0.2, 0) is 0 Å². The zero-order valence-electron chi connectivity index (χ0n) is 12.4. The summed E-state index contributed by atoms with van der Waals surface area (Å²) in [4.78, 5) is 1.33. The Kier molecular flexibility index (Phi) is 5.71. The van der Waals surface area contributed by atoms with Crippen molar-refractivity contribution in [3.63, 3.8) is 0 Å². The minimum Gasteiger partial charge on any atom is -0.492 e. The maximum absolute atomic E-state index is 8.99. The van der Waals surface area contributed by atoms with Gasteiger partial charge < -0.3 is 4.74 Å². The lowest BCUT2D eigenvalue weighted by Gasteiger charge is -2.08. The minimum atomic E-state index is 0.597. The Hall–Kier alpha value is -1.92. The van der Waals surface area contributed by atoms with Gasteiger partial charge in [-0.2, -0.15) is 5.26 Å². The largest absolute Gasteiger partial charge is 0.492 e. The molecule has 0 atom stereocenters. The van der Waals surface area contributed by atoms with Gasteiger partial charge in [0.15, 0.2) is 0 Å². The summed E-state index contributed by atoms with van der Waals surface area (Å²) >= 11 is 1.86. The molecule has 0 spiro atoms. The number of ether oxygens (including phenoxy) is 1. The van der Waals surface area contributed by atoms with Gasteiger partial charge in [-0.1, -0.05) is 29.8 Å². The van der Waals surface area contributed by atoms with Crippen molar-refractivity contribution in [2.75, 3.05) is 12.4 Å². The molecule has 0 aliphatic rings. The Labute approximate surface area is 130 Å². The molecule has 0 aliphatic carbocycles. The molecule has 0 unspecified atom stereocenters. The molecule has 0 N–H and O–H groups in total. The summed E-state index contributed by atoms with van der Waals surface area (Å²) in [6, 6.07) is 16.0. The Bertz CT molecular complexity index is 646. The second-order valence-corrected chi connectivity index (χ2v) is 6.06. The molecule has 2 aromatic carbocycles. The highest BCUT2D eigenvalue weighted by atomic mass is 32.2. The van der Waals surface area contributed by atoms with E-state index in [0.717, 1.165) is 12.2 Å². The first kappa shape index (κ1) is 15.5. The number of aryl methyl sites for hydroxylation is 2. The van der Waals surface area contributed by atoms with Crippen molar-refractivity contribution in [3.05, 3.63) is 59.2 Å². The Morgan fingerprint density at radius 2 is 1.95 bits per heavy atom. The van der Waals surface area contributed by atoms with E-state index in [1.807, 2.05) is 30.0 Å². The van der Waals surface area contributed by atoms with Gasteiger partial charge in [0, 0.05) is 10.6 Å². The number of benzene rings is 2. The Morgan fingerprint density at radius 1 is 1.14 bits per heavy atom. The quantitative estimate of drug-likeness (QED) is 0.570. The van der Waals surface area contributed by atoms with E-state index < -0.39 is 0 Å². The summed E-state index contributed by atoms with van der Waals surface area (Å²) in [5.74, 6) is 1.69. The molecule has 0 saturated heterocycles. The maximum atomic E-state index is 8.99. The lowest BCUT2D eigenvalue weighted by molar-refractivity contribution is 0.318. The van der Waals surface area contributed by atoms with Gasteiger partial charge in [-0.25, -0.2) is 0 Å². The second-order valence-electron chi connectivity index (χ2n) is 4.93. The standard InChI is InChI=1S/C18H19NOS/c1-14-8-9-18(15(2)12-14)21-11-5-10-20-17-7-4-3-6-16(17)13-19/h3-4,6-9,12H,5,10-11H2,1-2H3. The van der Waals surface area contributed by atoms with Gasteiger partial charge >= 0.3 is 0 Å². The number of rotatable bonds is 6. The van der Waals surface area contributed by atoms with E-state index in [-0.39, 0.29) is 0 Å². The fraction of sp³-hybridized carbons (Fsp3) is 0.278. The predicted molar refractivity (Wildman–Crippen MR) is 87.9 cm³/mol. The SMILES string of the molecule is Cc1ccc(SCCCOc2ccccc2C#N)c(C)c1. The van der Waals surface area contributed by atoms with Crippen LogP contribution in [0.3, 0.4) is 0 Å². The number of hydrogen-bond donors (Lipinski definition) is 0. The van der Waals surface area contributed by atoms with E-state index in [4.69, 9.17) is 10.00 Å². The van der Waals surface area contributed by atoms with Gasteiger partial charge in [-0.15, -0.1) is 11.8 Å². The number of hydrogen-bond acceptors (Lipinski definition) is 3. The van der Waals surface area contributed by atoms with E-state index in [1.54, 1.807) is 6.07 Å². The van der Waals surface area contributed by atoms with Crippen molar-refractivity contribution < 1.29 is 4.74 Å². The Balaban J connectivity index is 1.76. The molecule has 0 amide bonds. The molecule has 0 heterocycles. The normalized spacial score (nSPS) is 10.1. The van der Waals surface area contributed by atoms with Crippen LogP contribution in [0.15, 0.2) is 47.4 Å². The molecule has 2 nitrogen and oxygen atoms in total. The first-order valence-corrected chi connectivity index (χ1v) is 8.01. The van der Waals surface area contributed by atoms with Gasteiger partial charge in [0.1, 0.15) is 11.8 Å². The van der Waals surface area contributed by atoms with Gasteiger partial charge in [-0.05, 0) is 44.0 Å². The molecule has 21 heavy (non-hydrogen) atoms. The number of nitrogens with zero attached hydrogens (tertiary/aromatic N) is 1. The lowest BCUT2D eigenvalue weighted by atomic mass is 10.2. The van der Waals surface area contributed by atoms with Gasteiger partial charge in [-0.3, -0.25) is 0 Å². The smallest absolute Gasteiger partial charge is 0.137 e. The van der Waals surface area contributed by atoms with Crippen molar-refractivity contribution in [2.45, 2.75) is 25.2 Å². The second kappa shape index (κ2) is 7.75. The summed E-state index contributed by atoms with van der Waals surface area (Å²) in [6.45, 7) is 4.90. The van der Waals surface area contributed by atoms with Crippen LogP contribution in [0.25, 0.3) is 0 Å². The monoisotopic (exact) mass is 297 g/mol. The van der Waals surface area contributed by atoms with Crippen LogP contribution >= 0.6 is 11.8 Å². The molecule has 0 saturated carbocycles. The molecular formula is C18H19NOS. The van der Waals surface area contributed by atoms with Gasteiger partial charge in [0.05, 0.1) is 12.2 Å². The summed E-state index contributed by atoms with van der Waals surface area (Å²) in [6.07, 6.45) is 0.956. The topological polar surface area (TPSA) is 33.0 Å². The maximum Gasteiger partial charge on any atom is 0.137 e. The number of para-hydroxylation sites is 1. The highest BCUT2D eigenvalue weighted by Gasteiger charge is 2.02. The average molecular weight is 297 g/mol. The molecule has 0 aromatic heterocycles. The molecule has 2 aromatic rings.